The Morgan fingerprint density at radius 3 is 2.41 bits per heavy atom. The Labute approximate surface area is 111 Å². The lowest BCUT2D eigenvalue weighted by molar-refractivity contribution is -0.133. The zero-order valence-electron chi connectivity index (χ0n) is 9.87. The first-order chi connectivity index (χ1) is 8.06. The Morgan fingerprint density at radius 2 is 1.94 bits per heavy atom. The minimum Gasteiger partial charge on any atom is -0.365 e. The Bertz CT molecular complexity index is 387. The molecule has 1 fully saturated rings. The number of hydrogen-bond donors (Lipinski definition) is 0. The number of methoxy groups -OCH3 is 1. The molecule has 1 aliphatic rings. The molecule has 1 heterocycles. The summed E-state index contributed by atoms with van der Waals surface area (Å²) >= 11 is 12.1. The molecule has 3 nitrogen and oxygen atoms in total. The van der Waals surface area contributed by atoms with Gasteiger partial charge in [0.15, 0.2) is 0 Å². The molecule has 17 heavy (non-hydrogen) atoms. The van der Waals surface area contributed by atoms with Crippen LogP contribution in [0.3, 0.4) is 0 Å². The van der Waals surface area contributed by atoms with Crippen molar-refractivity contribution < 1.29 is 9.47 Å². The molecule has 1 aliphatic heterocycles. The first-order valence-electron chi connectivity index (χ1n) is 5.41. The summed E-state index contributed by atoms with van der Waals surface area (Å²) < 4.78 is 11.0. The Kier molecular flexibility index (Phi) is 3.95. The molecule has 1 saturated heterocycles. The van der Waals surface area contributed by atoms with Gasteiger partial charge in [-0.1, -0.05) is 23.2 Å². The molecule has 0 aliphatic carbocycles. The van der Waals surface area contributed by atoms with Gasteiger partial charge in [-0.25, -0.2) is 4.90 Å². The summed E-state index contributed by atoms with van der Waals surface area (Å²) in [7, 11) is 1.67. The second kappa shape index (κ2) is 5.12. The predicted octanol–water partition coefficient (Wildman–Crippen LogP) is 3.10. The molecule has 0 saturated carbocycles. The van der Waals surface area contributed by atoms with Crippen molar-refractivity contribution in [1.82, 2.24) is 4.90 Å². The fraction of sp³-hybridized carbons (Fsp3) is 0.500. The average Bonchev–Trinajstić information content (AvgIpc) is 2.80. The number of nitrogens with zero attached hydrogens (tertiary/aromatic N) is 1. The molecule has 1 atom stereocenters. The Morgan fingerprint density at radius 1 is 1.29 bits per heavy atom. The highest BCUT2D eigenvalue weighted by atomic mass is 35.5. The van der Waals surface area contributed by atoms with E-state index < -0.39 is 5.72 Å². The van der Waals surface area contributed by atoms with Gasteiger partial charge in [-0.15, -0.1) is 0 Å². The first-order valence-corrected chi connectivity index (χ1v) is 6.16. The summed E-state index contributed by atoms with van der Waals surface area (Å²) in [6.07, 6.45) is 0. The fourth-order valence-electron chi connectivity index (χ4n) is 2.00. The lowest BCUT2D eigenvalue weighted by Crippen LogP contribution is -2.44. The summed E-state index contributed by atoms with van der Waals surface area (Å²) in [6, 6.07) is 5.45. The third-order valence-corrected chi connectivity index (χ3v) is 3.59. The van der Waals surface area contributed by atoms with Crippen molar-refractivity contribution in [3.05, 3.63) is 33.8 Å². The highest BCUT2D eigenvalue weighted by Gasteiger charge is 2.36. The van der Waals surface area contributed by atoms with Gasteiger partial charge in [0.05, 0.1) is 6.61 Å². The van der Waals surface area contributed by atoms with E-state index in [0.717, 1.165) is 12.1 Å². The largest absolute Gasteiger partial charge is 0.365 e. The van der Waals surface area contributed by atoms with E-state index in [4.69, 9.17) is 32.7 Å². The molecular weight excluding hydrogens is 261 g/mol. The van der Waals surface area contributed by atoms with Crippen molar-refractivity contribution >= 4 is 23.2 Å². The molecular formula is C12H15Cl2NO2. The van der Waals surface area contributed by atoms with Crippen molar-refractivity contribution in [1.29, 1.82) is 0 Å². The summed E-state index contributed by atoms with van der Waals surface area (Å²) in [6.45, 7) is 4.08. The molecule has 0 bridgehead atoms. The van der Waals surface area contributed by atoms with E-state index >= 15 is 0 Å². The first kappa shape index (κ1) is 13.1. The second-order valence-electron chi connectivity index (χ2n) is 4.15. The van der Waals surface area contributed by atoms with E-state index in [2.05, 4.69) is 4.90 Å². The molecule has 0 N–H and O–H groups in total. The molecule has 0 amide bonds. The van der Waals surface area contributed by atoms with Crippen LogP contribution in [0.25, 0.3) is 0 Å². The molecule has 0 spiro atoms. The highest BCUT2D eigenvalue weighted by Crippen LogP contribution is 2.33. The van der Waals surface area contributed by atoms with Crippen LogP contribution in [-0.2, 0) is 15.2 Å². The predicted molar refractivity (Wildman–Crippen MR) is 68.3 cm³/mol. The van der Waals surface area contributed by atoms with Crippen LogP contribution in [0.2, 0.25) is 10.0 Å². The molecule has 2 rings (SSSR count). The van der Waals surface area contributed by atoms with E-state index in [9.17, 15) is 0 Å². The summed E-state index contributed by atoms with van der Waals surface area (Å²) in [5, 5.41) is 1.21. The SMILES string of the molecule is COC(C)(c1cc(Cl)cc(Cl)c1)N1CCOC1. The van der Waals surface area contributed by atoms with Crippen LogP contribution in [0.5, 0.6) is 0 Å². The van der Waals surface area contributed by atoms with E-state index in [1.165, 1.54) is 0 Å². The molecule has 1 aromatic rings. The number of halogens is 2. The zero-order valence-corrected chi connectivity index (χ0v) is 11.4. The highest BCUT2D eigenvalue weighted by molar-refractivity contribution is 6.34. The quantitative estimate of drug-likeness (QED) is 0.846. The molecule has 94 valence electrons. The van der Waals surface area contributed by atoms with Gasteiger partial charge in [0.25, 0.3) is 0 Å². The van der Waals surface area contributed by atoms with Crippen molar-refractivity contribution in [2.75, 3.05) is 27.0 Å². The smallest absolute Gasteiger partial charge is 0.146 e. The third-order valence-electron chi connectivity index (χ3n) is 3.15. The van der Waals surface area contributed by atoms with E-state index in [-0.39, 0.29) is 0 Å². The maximum Gasteiger partial charge on any atom is 0.146 e. The van der Waals surface area contributed by atoms with Gasteiger partial charge < -0.3 is 9.47 Å². The maximum absolute atomic E-state index is 6.03. The van der Waals surface area contributed by atoms with E-state index in [1.54, 1.807) is 13.2 Å². The van der Waals surface area contributed by atoms with Crippen molar-refractivity contribution in [3.63, 3.8) is 0 Å². The lowest BCUT2D eigenvalue weighted by Gasteiger charge is -2.36. The zero-order chi connectivity index (χ0) is 12.5. The number of hydrogen-bond acceptors (Lipinski definition) is 3. The van der Waals surface area contributed by atoms with Gasteiger partial charge in [-0.3, -0.25) is 0 Å². The van der Waals surface area contributed by atoms with Crippen LogP contribution >= 0.6 is 23.2 Å². The van der Waals surface area contributed by atoms with Crippen LogP contribution in [0.1, 0.15) is 12.5 Å². The molecule has 0 radical (unpaired) electrons. The van der Waals surface area contributed by atoms with E-state index in [0.29, 0.717) is 23.4 Å². The lowest BCUT2D eigenvalue weighted by atomic mass is 10.0. The van der Waals surface area contributed by atoms with Crippen LogP contribution in [-0.4, -0.2) is 31.9 Å². The van der Waals surface area contributed by atoms with Crippen LogP contribution in [0.4, 0.5) is 0 Å². The average molecular weight is 276 g/mol. The molecule has 1 aromatic carbocycles. The Balaban J connectivity index is 2.38. The van der Waals surface area contributed by atoms with Gasteiger partial charge >= 0.3 is 0 Å². The van der Waals surface area contributed by atoms with Gasteiger partial charge in [0, 0.05) is 29.3 Å². The summed E-state index contributed by atoms with van der Waals surface area (Å²) in [5.41, 5.74) is 0.369. The number of ether oxygens (including phenoxy) is 2. The second-order valence-corrected chi connectivity index (χ2v) is 5.02. The fourth-order valence-corrected chi connectivity index (χ4v) is 2.53. The minimum atomic E-state index is -0.564. The minimum absolute atomic E-state index is 0.550. The number of benzene rings is 1. The van der Waals surface area contributed by atoms with Gasteiger partial charge in [0.2, 0.25) is 0 Å². The standard InChI is InChI=1S/C12H15Cl2NO2/c1-12(16-2,15-3-4-17-8-15)9-5-10(13)7-11(14)6-9/h5-7H,3-4,8H2,1-2H3. The van der Waals surface area contributed by atoms with Crippen molar-refractivity contribution in [3.8, 4) is 0 Å². The monoisotopic (exact) mass is 275 g/mol. The molecule has 0 aromatic heterocycles. The van der Waals surface area contributed by atoms with Crippen LogP contribution in [0.15, 0.2) is 18.2 Å². The van der Waals surface area contributed by atoms with Crippen molar-refractivity contribution in [2.24, 2.45) is 0 Å². The summed E-state index contributed by atoms with van der Waals surface area (Å²) in [4.78, 5) is 2.11. The third kappa shape index (κ3) is 2.59. The van der Waals surface area contributed by atoms with Gasteiger partial charge in [0.1, 0.15) is 12.5 Å². The summed E-state index contributed by atoms with van der Waals surface area (Å²) in [5.74, 6) is 0. The normalized spacial score (nSPS) is 20.5. The van der Waals surface area contributed by atoms with Gasteiger partial charge in [-0.2, -0.15) is 0 Å². The molecule has 5 heteroatoms. The molecule has 1 unspecified atom stereocenters. The van der Waals surface area contributed by atoms with Gasteiger partial charge in [-0.05, 0) is 25.1 Å². The van der Waals surface area contributed by atoms with E-state index in [1.807, 2.05) is 19.1 Å². The van der Waals surface area contributed by atoms with Crippen LogP contribution in [0, 0.1) is 0 Å². The van der Waals surface area contributed by atoms with Crippen molar-refractivity contribution in [2.45, 2.75) is 12.6 Å². The maximum atomic E-state index is 6.03. The number of rotatable bonds is 3. The Hall–Kier alpha value is -0.320. The topological polar surface area (TPSA) is 21.7 Å². The van der Waals surface area contributed by atoms with Crippen LogP contribution < -0.4 is 0 Å².